The van der Waals surface area contributed by atoms with Crippen LogP contribution in [0.4, 0.5) is 8.78 Å². The maximum atomic E-state index is 14.8. The number of benzene rings is 3. The average molecular weight is 588 g/mol. The van der Waals surface area contributed by atoms with Crippen LogP contribution in [0.15, 0.2) is 83.8 Å². The first-order chi connectivity index (χ1) is 20.2. The molecule has 0 unspecified atom stereocenters. The van der Waals surface area contributed by atoms with E-state index in [9.17, 15) is 18.4 Å². The predicted octanol–water partition coefficient (Wildman–Crippen LogP) is 6.63. The molecule has 6 nitrogen and oxygen atoms in total. The summed E-state index contributed by atoms with van der Waals surface area (Å²) < 4.78 is 31.2. The molecule has 0 aliphatic rings. The third-order valence-corrected chi connectivity index (χ3v) is 8.54. The molecule has 0 aliphatic carbocycles. The molecule has 216 valence electrons. The lowest BCUT2D eigenvalue weighted by molar-refractivity contribution is -0.0758. The van der Waals surface area contributed by atoms with Crippen molar-refractivity contribution in [2.45, 2.75) is 26.6 Å². The number of thiophene rings is 1. The Bertz CT molecular complexity index is 1780. The molecule has 2 heterocycles. The number of fused-ring (bicyclic) bond motifs is 1. The molecular weight excluding hydrogens is 556 g/mol. The molecule has 42 heavy (non-hydrogen) atoms. The first-order valence-electron chi connectivity index (χ1n) is 13.4. The van der Waals surface area contributed by atoms with E-state index < -0.39 is 23.0 Å². The monoisotopic (exact) mass is 587 g/mol. The van der Waals surface area contributed by atoms with Crippen LogP contribution in [0.3, 0.4) is 0 Å². The number of nitrogens with zero attached hydrogens (tertiary/aromatic N) is 3. The zero-order valence-corrected chi connectivity index (χ0v) is 24.7. The molecule has 0 bridgehead atoms. The van der Waals surface area contributed by atoms with E-state index in [0.717, 1.165) is 32.2 Å². The van der Waals surface area contributed by atoms with E-state index in [4.69, 9.17) is 4.84 Å². The van der Waals surface area contributed by atoms with Crippen LogP contribution in [0, 0.1) is 18.6 Å². The van der Waals surface area contributed by atoms with Crippen molar-refractivity contribution in [3.63, 3.8) is 0 Å². The van der Waals surface area contributed by atoms with Gasteiger partial charge >= 0.3 is 0 Å². The van der Waals surface area contributed by atoms with Gasteiger partial charge in [0.25, 0.3) is 5.91 Å². The number of carbonyl (C=O) groups excluding carboxylic acids is 1. The number of hydrogen-bond acceptors (Lipinski definition) is 5. The largest absolute Gasteiger partial charge is 0.334 e. The summed E-state index contributed by atoms with van der Waals surface area (Å²) in [7, 11) is 4.71. The topological polar surface area (TPSA) is 54.8 Å². The van der Waals surface area contributed by atoms with Crippen molar-refractivity contribution in [3.05, 3.63) is 129 Å². The number of carbonyl (C=O) groups is 1. The van der Waals surface area contributed by atoms with E-state index in [-0.39, 0.29) is 17.7 Å². The van der Waals surface area contributed by atoms with Crippen LogP contribution in [-0.4, -0.2) is 41.6 Å². The zero-order chi connectivity index (χ0) is 30.0. The third kappa shape index (κ3) is 5.90. The summed E-state index contributed by atoms with van der Waals surface area (Å²) in [4.78, 5) is 36.0. The summed E-state index contributed by atoms with van der Waals surface area (Å²) >= 11 is 1.37. The minimum absolute atomic E-state index is 0.149. The second-order valence-corrected chi connectivity index (χ2v) is 11.3. The van der Waals surface area contributed by atoms with Crippen LogP contribution in [-0.2, 0) is 24.5 Å². The molecular formula is C33H31F2N3O3S. The Morgan fingerprint density at radius 2 is 1.57 bits per heavy atom. The predicted molar refractivity (Wildman–Crippen MR) is 162 cm³/mol. The Kier molecular flexibility index (Phi) is 8.63. The van der Waals surface area contributed by atoms with Gasteiger partial charge in [-0.2, -0.15) is 0 Å². The van der Waals surface area contributed by atoms with Gasteiger partial charge in [0.2, 0.25) is 5.43 Å². The third-order valence-electron chi connectivity index (χ3n) is 7.22. The second kappa shape index (κ2) is 12.4. The van der Waals surface area contributed by atoms with Crippen LogP contribution < -0.4 is 5.43 Å². The fraction of sp³-hybridized carbons (Fsp3) is 0.212. The molecule has 0 spiro atoms. The molecule has 2 aromatic heterocycles. The highest BCUT2D eigenvalue weighted by Crippen LogP contribution is 2.39. The highest BCUT2D eigenvalue weighted by molar-refractivity contribution is 7.22. The number of aryl methyl sites for hydroxylation is 1. The maximum Gasteiger partial charge on any atom is 0.282 e. The standard InChI is InChI=1S/C33H31F2N3O3S/c1-21-13-15-23(16-14-21)31-25(18-36(2)17-22-9-6-5-7-10-22)29-30(39)26(32(40)37(3)41-4)20-38(33(29)42-31)19-24-27(34)11-8-12-28(24)35/h5-16,20H,17-19H2,1-4H3. The van der Waals surface area contributed by atoms with Crippen molar-refractivity contribution >= 4 is 27.5 Å². The maximum absolute atomic E-state index is 14.8. The van der Waals surface area contributed by atoms with E-state index in [1.54, 1.807) is 4.57 Å². The summed E-state index contributed by atoms with van der Waals surface area (Å²) in [5, 5.41) is 1.31. The molecule has 0 fully saturated rings. The highest BCUT2D eigenvalue weighted by Gasteiger charge is 2.26. The van der Waals surface area contributed by atoms with Gasteiger partial charge in [0.1, 0.15) is 22.0 Å². The van der Waals surface area contributed by atoms with Crippen molar-refractivity contribution in [3.8, 4) is 10.4 Å². The minimum Gasteiger partial charge on any atom is -0.334 e. The number of halogens is 2. The van der Waals surface area contributed by atoms with Crippen LogP contribution in [0.1, 0.15) is 32.6 Å². The number of pyridine rings is 1. The summed E-state index contributed by atoms with van der Waals surface area (Å²) in [6, 6.07) is 21.7. The summed E-state index contributed by atoms with van der Waals surface area (Å²) in [5.41, 5.74) is 3.10. The number of hydrogen-bond donors (Lipinski definition) is 0. The highest BCUT2D eigenvalue weighted by atomic mass is 32.1. The van der Waals surface area contributed by atoms with Crippen molar-refractivity contribution in [1.29, 1.82) is 0 Å². The van der Waals surface area contributed by atoms with Crippen LogP contribution in [0.25, 0.3) is 20.7 Å². The van der Waals surface area contributed by atoms with E-state index in [1.165, 1.54) is 49.9 Å². The van der Waals surface area contributed by atoms with Crippen LogP contribution >= 0.6 is 11.3 Å². The Labute approximate surface area is 247 Å². The Hall–Kier alpha value is -4.18. The molecule has 0 atom stereocenters. The van der Waals surface area contributed by atoms with Gasteiger partial charge in [-0.3, -0.25) is 19.3 Å². The smallest absolute Gasteiger partial charge is 0.282 e. The number of rotatable bonds is 9. The summed E-state index contributed by atoms with van der Waals surface area (Å²) in [5.74, 6) is -2.07. The van der Waals surface area contributed by atoms with E-state index >= 15 is 0 Å². The molecule has 0 aliphatic heterocycles. The fourth-order valence-corrected chi connectivity index (χ4v) is 6.27. The summed E-state index contributed by atoms with van der Waals surface area (Å²) in [6.45, 7) is 2.82. The van der Waals surface area contributed by atoms with Gasteiger partial charge in [-0.1, -0.05) is 66.2 Å². The molecule has 0 radical (unpaired) electrons. The molecule has 0 N–H and O–H groups in total. The van der Waals surface area contributed by atoms with Crippen molar-refractivity contribution < 1.29 is 18.4 Å². The number of hydroxylamine groups is 2. The van der Waals surface area contributed by atoms with Crippen LogP contribution in [0.5, 0.6) is 0 Å². The zero-order valence-electron chi connectivity index (χ0n) is 23.9. The molecule has 5 aromatic rings. The van der Waals surface area contributed by atoms with Gasteiger partial charge in [0.15, 0.2) is 0 Å². The minimum atomic E-state index is -0.707. The van der Waals surface area contributed by atoms with E-state index in [2.05, 4.69) is 4.90 Å². The van der Waals surface area contributed by atoms with E-state index in [0.29, 0.717) is 23.3 Å². The lowest BCUT2D eigenvalue weighted by Gasteiger charge is -2.19. The Balaban J connectivity index is 1.76. The van der Waals surface area contributed by atoms with Gasteiger partial charge in [-0.15, -0.1) is 11.3 Å². The van der Waals surface area contributed by atoms with Crippen LogP contribution in [0.2, 0.25) is 0 Å². The molecule has 0 saturated heterocycles. The van der Waals surface area contributed by atoms with Gasteiger partial charge in [-0.05, 0) is 42.8 Å². The van der Waals surface area contributed by atoms with Gasteiger partial charge in [0, 0.05) is 36.8 Å². The molecule has 1 amide bonds. The molecule has 9 heteroatoms. The van der Waals surface area contributed by atoms with Gasteiger partial charge < -0.3 is 4.57 Å². The van der Waals surface area contributed by atoms with Crippen molar-refractivity contribution in [2.24, 2.45) is 0 Å². The molecule has 5 rings (SSSR count). The SMILES string of the molecule is CON(C)C(=O)c1cn(Cc2c(F)cccc2F)c2sc(-c3ccc(C)cc3)c(CN(C)Cc3ccccc3)c2c1=O. The van der Waals surface area contributed by atoms with Gasteiger partial charge in [-0.25, -0.2) is 13.8 Å². The van der Waals surface area contributed by atoms with Crippen molar-refractivity contribution in [2.75, 3.05) is 21.2 Å². The number of amides is 1. The normalized spacial score (nSPS) is 11.4. The molecule has 3 aromatic carbocycles. The fourth-order valence-electron chi connectivity index (χ4n) is 4.98. The number of aromatic nitrogens is 1. The summed E-state index contributed by atoms with van der Waals surface area (Å²) in [6.07, 6.45) is 1.38. The average Bonchev–Trinajstić information content (AvgIpc) is 3.35. The second-order valence-electron chi connectivity index (χ2n) is 10.3. The Morgan fingerprint density at radius 1 is 0.905 bits per heavy atom. The Morgan fingerprint density at radius 3 is 2.21 bits per heavy atom. The van der Waals surface area contributed by atoms with Gasteiger partial charge in [0.05, 0.1) is 19.0 Å². The van der Waals surface area contributed by atoms with Crippen molar-refractivity contribution in [1.82, 2.24) is 14.5 Å². The van der Waals surface area contributed by atoms with E-state index in [1.807, 2.05) is 68.6 Å². The quantitative estimate of drug-likeness (QED) is 0.182. The first-order valence-corrected chi connectivity index (χ1v) is 14.2. The lowest BCUT2D eigenvalue weighted by Crippen LogP contribution is -2.31. The first kappa shape index (κ1) is 29.3. The lowest BCUT2D eigenvalue weighted by atomic mass is 10.0. The molecule has 0 saturated carbocycles.